The molecule has 0 aliphatic rings. The molecule has 0 heterocycles. The number of benzene rings is 2. The molecule has 0 radical (unpaired) electrons. The fraction of sp³-hybridized carbons (Fsp3) is 0.316. The predicted molar refractivity (Wildman–Crippen MR) is 98.7 cm³/mol. The van der Waals surface area contributed by atoms with Crippen LogP contribution in [0.3, 0.4) is 0 Å². The van der Waals surface area contributed by atoms with Crippen LogP contribution in [0, 0.1) is 11.7 Å². The van der Waals surface area contributed by atoms with Crippen molar-refractivity contribution in [3.05, 3.63) is 65.5 Å². The van der Waals surface area contributed by atoms with E-state index in [1.807, 2.05) is 44.2 Å². The van der Waals surface area contributed by atoms with Gasteiger partial charge in [0.1, 0.15) is 5.82 Å². The Hall–Kier alpha value is -2.25. The maximum Gasteiger partial charge on any atom is 0.254 e. The third-order valence-electron chi connectivity index (χ3n) is 3.98. The lowest BCUT2D eigenvalue weighted by Gasteiger charge is -2.21. The molecule has 0 fully saturated rings. The molecule has 0 saturated heterocycles. The number of amides is 1. The molecule has 0 aromatic heterocycles. The standard InChI is InChI=1S/C19H23FN2O3S/c1-13(2)11-18(14-7-5-4-6-8-14)22-19(23)16-12-15(9-10-17(16)20)26(24,25)21-3/h4-10,12-13,18,21H,11H2,1-3H3,(H,22,23). The monoisotopic (exact) mass is 378 g/mol. The summed E-state index contributed by atoms with van der Waals surface area (Å²) < 4.78 is 40.1. The van der Waals surface area contributed by atoms with Crippen molar-refractivity contribution in [3.8, 4) is 0 Å². The molecule has 0 bridgehead atoms. The first-order valence-corrected chi connectivity index (χ1v) is 9.82. The lowest BCUT2D eigenvalue weighted by Crippen LogP contribution is -2.30. The van der Waals surface area contributed by atoms with E-state index in [4.69, 9.17) is 0 Å². The summed E-state index contributed by atoms with van der Waals surface area (Å²) in [4.78, 5) is 12.5. The molecule has 140 valence electrons. The van der Waals surface area contributed by atoms with Crippen molar-refractivity contribution in [2.45, 2.75) is 31.2 Å². The van der Waals surface area contributed by atoms with Gasteiger partial charge >= 0.3 is 0 Å². The highest BCUT2D eigenvalue weighted by atomic mass is 32.2. The smallest absolute Gasteiger partial charge is 0.254 e. The van der Waals surface area contributed by atoms with Gasteiger partial charge in [-0.3, -0.25) is 4.79 Å². The Morgan fingerprint density at radius 1 is 1.12 bits per heavy atom. The first-order chi connectivity index (χ1) is 12.2. The molecule has 26 heavy (non-hydrogen) atoms. The van der Waals surface area contributed by atoms with E-state index in [0.717, 1.165) is 23.8 Å². The molecule has 2 N–H and O–H groups in total. The van der Waals surface area contributed by atoms with Gasteiger partial charge in [-0.1, -0.05) is 44.2 Å². The summed E-state index contributed by atoms with van der Waals surface area (Å²) in [6.45, 7) is 4.06. The third kappa shape index (κ3) is 4.89. The minimum atomic E-state index is -3.77. The van der Waals surface area contributed by atoms with Gasteiger partial charge in [0.05, 0.1) is 16.5 Å². The van der Waals surface area contributed by atoms with Gasteiger partial charge in [-0.2, -0.15) is 0 Å². The second-order valence-corrected chi connectivity index (χ2v) is 8.30. The van der Waals surface area contributed by atoms with Crippen LogP contribution in [0.4, 0.5) is 4.39 Å². The quantitative estimate of drug-likeness (QED) is 0.777. The Bertz CT molecular complexity index is 868. The number of hydrogen-bond donors (Lipinski definition) is 2. The van der Waals surface area contributed by atoms with Crippen LogP contribution in [-0.4, -0.2) is 21.4 Å². The number of nitrogens with one attached hydrogen (secondary N) is 2. The van der Waals surface area contributed by atoms with Gasteiger partial charge in [0.25, 0.3) is 5.91 Å². The first-order valence-electron chi connectivity index (χ1n) is 8.33. The van der Waals surface area contributed by atoms with Crippen LogP contribution < -0.4 is 10.0 Å². The number of rotatable bonds is 7. The zero-order chi connectivity index (χ0) is 19.3. The van der Waals surface area contributed by atoms with Gasteiger partial charge < -0.3 is 5.32 Å². The van der Waals surface area contributed by atoms with Crippen LogP contribution in [-0.2, 0) is 10.0 Å². The van der Waals surface area contributed by atoms with Crippen molar-refractivity contribution in [2.75, 3.05) is 7.05 Å². The van der Waals surface area contributed by atoms with Crippen LogP contribution in [0.5, 0.6) is 0 Å². The Balaban J connectivity index is 2.33. The van der Waals surface area contributed by atoms with E-state index in [1.54, 1.807) is 0 Å². The highest BCUT2D eigenvalue weighted by Gasteiger charge is 2.22. The first kappa shape index (κ1) is 20.1. The Morgan fingerprint density at radius 2 is 1.77 bits per heavy atom. The Labute approximate surface area is 153 Å². The van der Waals surface area contributed by atoms with E-state index >= 15 is 0 Å². The van der Waals surface area contributed by atoms with Crippen molar-refractivity contribution in [3.63, 3.8) is 0 Å². The molecule has 2 rings (SSSR count). The molecule has 0 spiro atoms. The molecule has 0 saturated carbocycles. The largest absolute Gasteiger partial charge is 0.345 e. The summed E-state index contributed by atoms with van der Waals surface area (Å²) in [5, 5.41) is 2.82. The summed E-state index contributed by atoms with van der Waals surface area (Å²) in [6.07, 6.45) is 0.672. The minimum Gasteiger partial charge on any atom is -0.345 e. The minimum absolute atomic E-state index is 0.160. The molecule has 5 nitrogen and oxygen atoms in total. The molecular formula is C19H23FN2O3S. The summed E-state index contributed by atoms with van der Waals surface area (Å²) in [5.41, 5.74) is 0.611. The highest BCUT2D eigenvalue weighted by molar-refractivity contribution is 7.89. The summed E-state index contributed by atoms with van der Waals surface area (Å²) >= 11 is 0. The van der Waals surface area contributed by atoms with Gasteiger partial charge in [0.15, 0.2) is 0 Å². The summed E-state index contributed by atoms with van der Waals surface area (Å²) in [5.74, 6) is -1.11. The van der Waals surface area contributed by atoms with Crippen molar-refractivity contribution in [1.29, 1.82) is 0 Å². The van der Waals surface area contributed by atoms with Crippen molar-refractivity contribution in [1.82, 2.24) is 10.0 Å². The summed E-state index contributed by atoms with van der Waals surface area (Å²) in [7, 11) is -2.51. The van der Waals surface area contributed by atoms with Crippen molar-refractivity contribution >= 4 is 15.9 Å². The maximum absolute atomic E-state index is 14.2. The lowest BCUT2D eigenvalue weighted by atomic mass is 9.96. The topological polar surface area (TPSA) is 75.3 Å². The van der Waals surface area contributed by atoms with Gasteiger partial charge in [0.2, 0.25) is 10.0 Å². The van der Waals surface area contributed by atoms with Crippen LogP contribution in [0.2, 0.25) is 0 Å². The van der Waals surface area contributed by atoms with Crippen molar-refractivity contribution < 1.29 is 17.6 Å². The predicted octanol–water partition coefficient (Wildman–Crippen LogP) is 3.25. The van der Waals surface area contributed by atoms with Gasteiger partial charge in [0, 0.05) is 0 Å². The highest BCUT2D eigenvalue weighted by Crippen LogP contribution is 2.23. The molecule has 1 amide bonds. The van der Waals surface area contributed by atoms with Crippen LogP contribution in [0.1, 0.15) is 42.2 Å². The average Bonchev–Trinajstić information content (AvgIpc) is 2.61. The molecule has 1 unspecified atom stereocenters. The number of halogens is 1. The molecule has 2 aromatic carbocycles. The fourth-order valence-corrected chi connectivity index (χ4v) is 3.39. The molecule has 7 heteroatoms. The zero-order valence-corrected chi connectivity index (χ0v) is 15.8. The van der Waals surface area contributed by atoms with Crippen LogP contribution in [0.15, 0.2) is 53.4 Å². The van der Waals surface area contributed by atoms with E-state index in [2.05, 4.69) is 10.0 Å². The fourth-order valence-electron chi connectivity index (χ4n) is 2.63. The van der Waals surface area contributed by atoms with E-state index < -0.39 is 21.7 Å². The van der Waals surface area contributed by atoms with Gasteiger partial charge in [-0.15, -0.1) is 0 Å². The number of hydrogen-bond acceptors (Lipinski definition) is 3. The van der Waals surface area contributed by atoms with Crippen molar-refractivity contribution in [2.24, 2.45) is 5.92 Å². The van der Waals surface area contributed by atoms with E-state index in [9.17, 15) is 17.6 Å². The Kier molecular flexibility index (Phi) is 6.50. The second kappa shape index (κ2) is 8.42. The summed E-state index contributed by atoms with van der Waals surface area (Å²) in [6, 6.07) is 12.3. The lowest BCUT2D eigenvalue weighted by molar-refractivity contribution is 0.0927. The number of sulfonamides is 1. The number of carbonyl (C=O) groups excluding carboxylic acids is 1. The van der Waals surface area contributed by atoms with E-state index in [-0.39, 0.29) is 16.5 Å². The molecule has 2 aromatic rings. The SMILES string of the molecule is CNS(=O)(=O)c1ccc(F)c(C(=O)NC(CC(C)C)c2ccccc2)c1. The molecule has 0 aliphatic carbocycles. The second-order valence-electron chi connectivity index (χ2n) is 6.42. The Morgan fingerprint density at radius 3 is 2.35 bits per heavy atom. The normalized spacial score (nSPS) is 12.8. The van der Waals surface area contributed by atoms with Gasteiger partial charge in [-0.05, 0) is 43.1 Å². The van der Waals surface area contributed by atoms with Crippen LogP contribution in [0.25, 0.3) is 0 Å². The molecule has 0 aliphatic heterocycles. The number of carbonyl (C=O) groups is 1. The molecular weight excluding hydrogens is 355 g/mol. The van der Waals surface area contributed by atoms with Gasteiger partial charge in [-0.25, -0.2) is 17.5 Å². The average molecular weight is 378 g/mol. The van der Waals surface area contributed by atoms with E-state index in [0.29, 0.717) is 12.3 Å². The third-order valence-corrected chi connectivity index (χ3v) is 5.39. The molecule has 1 atom stereocenters. The van der Waals surface area contributed by atoms with Crippen LogP contribution >= 0.6 is 0 Å². The maximum atomic E-state index is 14.2. The zero-order valence-electron chi connectivity index (χ0n) is 15.0. The van der Waals surface area contributed by atoms with E-state index in [1.165, 1.54) is 7.05 Å².